The molecule has 0 spiro atoms. The fourth-order valence-corrected chi connectivity index (χ4v) is 7.26. The lowest BCUT2D eigenvalue weighted by Gasteiger charge is -2.38. The number of carbonyl (C=O) groups is 3. The zero-order valence-corrected chi connectivity index (χ0v) is 23.1. The minimum absolute atomic E-state index is 0.0895. The third kappa shape index (κ3) is 5.15. The van der Waals surface area contributed by atoms with Gasteiger partial charge in [-0.05, 0) is 62.9 Å². The molecule has 0 unspecified atom stereocenters. The van der Waals surface area contributed by atoms with Crippen LogP contribution in [0.15, 0.2) is 30.5 Å². The van der Waals surface area contributed by atoms with Crippen LogP contribution in [0.4, 0.5) is 5.69 Å². The van der Waals surface area contributed by atoms with Crippen LogP contribution in [0.25, 0.3) is 21.3 Å². The second kappa shape index (κ2) is 10.6. The first-order valence-corrected chi connectivity index (χ1v) is 14.0. The van der Waals surface area contributed by atoms with Gasteiger partial charge in [-0.1, -0.05) is 11.6 Å². The minimum atomic E-state index is -0.250. The number of fused-ring (bicyclic) bond motifs is 2. The van der Waals surface area contributed by atoms with Crippen LogP contribution in [0.3, 0.4) is 0 Å². The predicted molar refractivity (Wildman–Crippen MR) is 150 cm³/mol. The molecule has 0 radical (unpaired) electrons. The van der Waals surface area contributed by atoms with E-state index in [1.807, 2.05) is 12.3 Å². The summed E-state index contributed by atoms with van der Waals surface area (Å²) in [5.41, 5.74) is 5.87. The number of hydrogen-bond donors (Lipinski definition) is 2. The fraction of sp³-hybridized carbons (Fsp3) is 0.429. The normalized spacial score (nSPS) is 20.4. The lowest BCUT2D eigenvalue weighted by atomic mass is 9.91. The average molecular weight is 555 g/mol. The fourth-order valence-electron chi connectivity index (χ4n) is 5.89. The average Bonchev–Trinajstić information content (AvgIpc) is 3.55. The van der Waals surface area contributed by atoms with E-state index in [0.717, 1.165) is 63.6 Å². The first kappa shape index (κ1) is 26.6. The highest BCUT2D eigenvalue weighted by molar-refractivity contribution is 7.19. The van der Waals surface area contributed by atoms with Crippen LogP contribution in [0.5, 0.6) is 0 Å². The van der Waals surface area contributed by atoms with E-state index in [1.54, 1.807) is 11.3 Å². The largest absolute Gasteiger partial charge is 0.483 e. The molecule has 2 saturated heterocycles. The summed E-state index contributed by atoms with van der Waals surface area (Å²) in [7, 11) is 0. The van der Waals surface area contributed by atoms with Crippen molar-refractivity contribution >= 4 is 57.1 Å². The summed E-state index contributed by atoms with van der Waals surface area (Å²) in [6.07, 6.45) is 5.71. The smallest absolute Gasteiger partial charge is 0.290 e. The van der Waals surface area contributed by atoms with Crippen molar-refractivity contribution in [2.24, 2.45) is 0 Å². The third-order valence-corrected chi connectivity index (χ3v) is 8.87. The van der Waals surface area contributed by atoms with Gasteiger partial charge in [0, 0.05) is 70.4 Å². The molecule has 2 aromatic heterocycles. The Kier molecular flexibility index (Phi) is 7.44. The number of likely N-dealkylation sites (tertiary alicyclic amines) is 1. The molecule has 3 aliphatic heterocycles. The van der Waals surface area contributed by atoms with Crippen LogP contribution in [0, 0.1) is 0 Å². The Labute approximate surface area is 230 Å². The minimum Gasteiger partial charge on any atom is -0.483 e. The Hall–Kier alpha value is -3.01. The first-order valence-electron chi connectivity index (χ1n) is 12.8. The summed E-state index contributed by atoms with van der Waals surface area (Å²) in [5.74, 6) is -0.179. The number of imide groups is 1. The number of amides is 2. The maximum Gasteiger partial charge on any atom is 0.290 e. The van der Waals surface area contributed by atoms with Gasteiger partial charge >= 0.3 is 0 Å². The number of aromatic nitrogens is 1. The van der Waals surface area contributed by atoms with Gasteiger partial charge in [-0.2, -0.15) is 0 Å². The van der Waals surface area contributed by atoms with Gasteiger partial charge in [0.2, 0.25) is 11.8 Å². The number of anilines is 1. The summed E-state index contributed by atoms with van der Waals surface area (Å²) < 4.78 is 1.07. The molecule has 2 amide bonds. The van der Waals surface area contributed by atoms with Crippen LogP contribution < -0.4 is 10.2 Å². The number of halogens is 1. The van der Waals surface area contributed by atoms with Gasteiger partial charge in [0.1, 0.15) is 0 Å². The van der Waals surface area contributed by atoms with E-state index in [2.05, 4.69) is 47.2 Å². The SMILES string of the molecule is CC1(C)C[C@H](N2CCCc3cc(Cl)cc(-c4ccnc5cc(CN6C(=O)CCC6=O)sc45)c32)CN1.O=CO. The van der Waals surface area contributed by atoms with Crippen LogP contribution in [-0.2, 0) is 27.3 Å². The Bertz CT molecular complexity index is 1390. The lowest BCUT2D eigenvalue weighted by Crippen LogP contribution is -2.40. The second-order valence-corrected chi connectivity index (χ2v) is 12.2. The summed E-state index contributed by atoms with van der Waals surface area (Å²) in [6, 6.07) is 8.74. The highest BCUT2D eigenvalue weighted by Crippen LogP contribution is 2.45. The molecule has 3 aliphatic rings. The van der Waals surface area contributed by atoms with Crippen molar-refractivity contribution in [2.45, 2.75) is 64.1 Å². The van der Waals surface area contributed by atoms with Crippen LogP contribution in [-0.4, -0.2) is 57.9 Å². The molecule has 2 fully saturated rings. The van der Waals surface area contributed by atoms with Crippen molar-refractivity contribution < 1.29 is 19.5 Å². The molecule has 0 bridgehead atoms. The molecule has 200 valence electrons. The van der Waals surface area contributed by atoms with E-state index in [4.69, 9.17) is 21.5 Å². The molecule has 1 aromatic carbocycles. The number of benzene rings is 1. The van der Waals surface area contributed by atoms with Crippen LogP contribution >= 0.6 is 22.9 Å². The number of pyridine rings is 1. The monoisotopic (exact) mass is 554 g/mol. The van der Waals surface area contributed by atoms with E-state index in [0.29, 0.717) is 25.4 Å². The van der Waals surface area contributed by atoms with E-state index >= 15 is 0 Å². The maximum atomic E-state index is 12.2. The Balaban J connectivity index is 0.000000937. The van der Waals surface area contributed by atoms with Crippen LogP contribution in [0.1, 0.15) is 50.0 Å². The third-order valence-electron chi connectivity index (χ3n) is 7.51. The molecule has 38 heavy (non-hydrogen) atoms. The van der Waals surface area contributed by atoms with Gasteiger partial charge in [-0.3, -0.25) is 24.3 Å². The van der Waals surface area contributed by atoms with Gasteiger partial charge in [0.15, 0.2) is 0 Å². The van der Waals surface area contributed by atoms with Crippen LogP contribution in [0.2, 0.25) is 5.02 Å². The zero-order valence-electron chi connectivity index (χ0n) is 21.5. The van der Waals surface area contributed by atoms with Crippen molar-refractivity contribution in [3.8, 4) is 11.1 Å². The topological polar surface area (TPSA) is 103 Å². The van der Waals surface area contributed by atoms with Crippen molar-refractivity contribution in [3.63, 3.8) is 0 Å². The maximum absolute atomic E-state index is 12.2. The molecule has 6 rings (SSSR count). The number of hydrogen-bond acceptors (Lipinski definition) is 7. The first-order chi connectivity index (χ1) is 18.2. The number of rotatable bonds is 4. The lowest BCUT2D eigenvalue weighted by molar-refractivity contribution is -0.139. The highest BCUT2D eigenvalue weighted by Gasteiger charge is 2.37. The summed E-state index contributed by atoms with van der Waals surface area (Å²) in [5, 5.41) is 11.3. The van der Waals surface area contributed by atoms with Gasteiger partial charge in [0.25, 0.3) is 6.47 Å². The second-order valence-electron chi connectivity index (χ2n) is 10.6. The van der Waals surface area contributed by atoms with E-state index in [1.165, 1.54) is 16.2 Å². The Morgan fingerprint density at radius 2 is 1.92 bits per heavy atom. The molecule has 1 atom stereocenters. The number of carboxylic acid groups (broad SMARTS) is 1. The highest BCUT2D eigenvalue weighted by atomic mass is 35.5. The quantitative estimate of drug-likeness (QED) is 0.351. The van der Waals surface area contributed by atoms with E-state index in [-0.39, 0.29) is 23.8 Å². The van der Waals surface area contributed by atoms with Crippen molar-refractivity contribution in [3.05, 3.63) is 45.9 Å². The van der Waals surface area contributed by atoms with E-state index in [9.17, 15) is 9.59 Å². The molecule has 0 saturated carbocycles. The molecule has 10 heteroatoms. The molecular weight excluding hydrogens is 524 g/mol. The summed E-state index contributed by atoms with van der Waals surface area (Å²) in [4.78, 5) is 42.3. The standard InChI is InChI=1S/C27H29ClN4O2S.CH2O2/c1-27(2)13-18(14-30-27)31-9-3-4-16-10-17(28)11-21(25(16)31)20-7-8-29-22-12-19(35-26(20)22)15-32-23(33)5-6-24(32)34;2-1-3/h7-8,10-12,18,30H,3-6,9,13-15H2,1-2H3;1H,(H,2,3)/t18-;/m0./s1. The summed E-state index contributed by atoms with van der Waals surface area (Å²) in [6.45, 7) is 6.63. The number of nitrogens with zero attached hydrogens (tertiary/aromatic N) is 3. The number of aryl methyl sites for hydroxylation is 1. The Morgan fingerprint density at radius 3 is 2.61 bits per heavy atom. The van der Waals surface area contributed by atoms with Gasteiger partial charge in [-0.25, -0.2) is 0 Å². The molecule has 5 heterocycles. The van der Waals surface area contributed by atoms with Gasteiger partial charge in [0.05, 0.1) is 16.8 Å². The Morgan fingerprint density at radius 1 is 1.18 bits per heavy atom. The number of carbonyl (C=O) groups excluding carboxylic acids is 2. The molecule has 3 aromatic rings. The molecule has 8 nitrogen and oxygen atoms in total. The van der Waals surface area contributed by atoms with Gasteiger partial charge < -0.3 is 15.3 Å². The van der Waals surface area contributed by atoms with Crippen molar-refractivity contribution in [2.75, 3.05) is 18.0 Å². The number of nitrogens with one attached hydrogen (secondary N) is 1. The number of thiophene rings is 1. The molecule has 2 N–H and O–H groups in total. The van der Waals surface area contributed by atoms with Crippen molar-refractivity contribution in [1.82, 2.24) is 15.2 Å². The molecule has 0 aliphatic carbocycles. The van der Waals surface area contributed by atoms with E-state index < -0.39 is 0 Å². The van der Waals surface area contributed by atoms with Crippen molar-refractivity contribution in [1.29, 1.82) is 0 Å². The molecular formula is C28H31ClN4O4S. The summed E-state index contributed by atoms with van der Waals surface area (Å²) >= 11 is 8.28. The van der Waals surface area contributed by atoms with Gasteiger partial charge in [-0.15, -0.1) is 11.3 Å². The zero-order chi connectivity index (χ0) is 27.0. The predicted octanol–water partition coefficient (Wildman–Crippen LogP) is 4.86.